The summed E-state index contributed by atoms with van der Waals surface area (Å²) < 4.78 is 32.8. The highest BCUT2D eigenvalue weighted by atomic mass is 32.2. The third-order valence-electron chi connectivity index (χ3n) is 7.19. The molecule has 0 aliphatic carbocycles. The van der Waals surface area contributed by atoms with Gasteiger partial charge >= 0.3 is 5.97 Å². The van der Waals surface area contributed by atoms with Crippen LogP contribution in [0.25, 0.3) is 0 Å². The Hall–Kier alpha value is -2.40. The molecule has 4 N–H and O–H groups in total. The van der Waals surface area contributed by atoms with Gasteiger partial charge in [-0.3, -0.25) is 9.52 Å². The van der Waals surface area contributed by atoms with Crippen LogP contribution in [0.4, 0.5) is 5.69 Å². The lowest BCUT2D eigenvalue weighted by Gasteiger charge is -2.40. The molecule has 0 bridgehead atoms. The van der Waals surface area contributed by atoms with Crippen LogP contribution in [0.15, 0.2) is 42.5 Å². The Morgan fingerprint density at radius 3 is 2.08 bits per heavy atom. The van der Waals surface area contributed by atoms with E-state index in [4.69, 9.17) is 4.43 Å². The first-order valence-electron chi connectivity index (χ1n) is 12.8. The van der Waals surface area contributed by atoms with E-state index in [1.807, 2.05) is 24.3 Å². The highest BCUT2D eigenvalue weighted by Gasteiger charge is 2.40. The largest absolute Gasteiger partial charge is 0.506 e. The molecule has 0 radical (unpaired) electrons. The number of carboxylic acids is 1. The van der Waals surface area contributed by atoms with E-state index in [1.54, 1.807) is 19.1 Å². The van der Waals surface area contributed by atoms with E-state index >= 15 is 0 Å². The summed E-state index contributed by atoms with van der Waals surface area (Å²) in [5.74, 6) is -1.56. The summed E-state index contributed by atoms with van der Waals surface area (Å²) in [6.07, 6.45) is 1.37. The van der Waals surface area contributed by atoms with Crippen molar-refractivity contribution in [1.29, 1.82) is 0 Å². The third kappa shape index (κ3) is 9.11. The Kier molecular flexibility index (Phi) is 9.85. The van der Waals surface area contributed by atoms with Crippen molar-refractivity contribution in [2.45, 2.75) is 83.7 Å². The number of phenols is 1. The molecule has 2 aromatic rings. The minimum atomic E-state index is -3.57. The maximum absolute atomic E-state index is 11.8. The number of phenolic OH excluding ortho intramolecular Hbond substituents is 1. The second-order valence-corrected chi connectivity index (χ2v) is 18.8. The first-order valence-corrected chi connectivity index (χ1v) is 17.6. The first kappa shape index (κ1) is 31.8. The van der Waals surface area contributed by atoms with Crippen LogP contribution in [0.5, 0.6) is 5.75 Å². The summed E-state index contributed by atoms with van der Waals surface area (Å²) in [4.78, 5) is 11.3. The Labute approximate surface area is 229 Å². The number of hydrogen-bond acceptors (Lipinski definition) is 6. The van der Waals surface area contributed by atoms with E-state index in [1.165, 1.54) is 6.07 Å². The number of sulfonamides is 1. The van der Waals surface area contributed by atoms with Gasteiger partial charge in [-0.25, -0.2) is 8.42 Å². The minimum Gasteiger partial charge on any atom is -0.506 e. The lowest BCUT2D eigenvalue weighted by molar-refractivity contribution is -0.138. The fraction of sp³-hybridized carbons (Fsp3) is 0.536. The minimum absolute atomic E-state index is 0.0413. The third-order valence-corrected chi connectivity index (χ3v) is 12.3. The smallest absolute Gasteiger partial charge is 0.310 e. The van der Waals surface area contributed by atoms with Crippen LogP contribution >= 0.6 is 0 Å². The maximum Gasteiger partial charge on any atom is 0.310 e. The van der Waals surface area contributed by atoms with Crippen molar-refractivity contribution in [2.75, 3.05) is 17.5 Å². The van der Waals surface area contributed by atoms with E-state index in [9.17, 15) is 23.4 Å². The van der Waals surface area contributed by atoms with Crippen LogP contribution in [0.2, 0.25) is 18.1 Å². The number of hydrogen-bond donors (Lipinski definition) is 4. The van der Waals surface area contributed by atoms with E-state index < -0.39 is 30.2 Å². The molecule has 0 aliphatic rings. The fourth-order valence-electron chi connectivity index (χ4n) is 3.80. The lowest BCUT2D eigenvalue weighted by atomic mass is 9.92. The lowest BCUT2D eigenvalue weighted by Crippen LogP contribution is -2.47. The molecular formula is C28H44N2O6SSi. The van der Waals surface area contributed by atoms with Gasteiger partial charge in [0.1, 0.15) is 5.75 Å². The molecule has 0 amide bonds. The number of nitrogens with one attached hydrogen (secondary N) is 2. The number of carbonyl (C=O) groups is 1. The van der Waals surface area contributed by atoms with Gasteiger partial charge in [0, 0.05) is 12.1 Å². The van der Waals surface area contributed by atoms with Crippen molar-refractivity contribution in [3.05, 3.63) is 59.2 Å². The normalized spacial score (nSPS) is 14.7. The summed E-state index contributed by atoms with van der Waals surface area (Å²) >= 11 is 0. The summed E-state index contributed by atoms with van der Waals surface area (Å²) in [5.41, 5.74) is 2.40. The molecule has 0 fully saturated rings. The van der Waals surface area contributed by atoms with Gasteiger partial charge in [-0.1, -0.05) is 51.1 Å². The molecule has 2 rings (SSSR count). The topological polar surface area (TPSA) is 125 Å². The summed E-state index contributed by atoms with van der Waals surface area (Å²) in [6, 6.07) is 12.5. The molecule has 0 saturated heterocycles. The standard InChI is InChI=1S/C28H44N2O6SSi/c1-19(26(32)33)21-12-10-20(11-13-21)17-28(5,6)29-18-25(36-38(8,9)27(2,3)4)22-14-15-24(31)23(16-22)30-37(7,34)35/h10-16,19,25,29-31H,17-18H2,1-9H3,(H,32,33)/t19?,25-/m1/s1. The van der Waals surface area contributed by atoms with Crippen LogP contribution < -0.4 is 10.0 Å². The molecule has 10 heteroatoms. The molecule has 0 spiro atoms. The van der Waals surface area contributed by atoms with Crippen LogP contribution in [0, 0.1) is 0 Å². The van der Waals surface area contributed by atoms with Gasteiger partial charge in [0.25, 0.3) is 0 Å². The Morgan fingerprint density at radius 1 is 1.03 bits per heavy atom. The highest BCUT2D eigenvalue weighted by molar-refractivity contribution is 7.92. The predicted octanol–water partition coefficient (Wildman–Crippen LogP) is 5.63. The zero-order valence-electron chi connectivity index (χ0n) is 24.0. The molecule has 0 aromatic heterocycles. The molecule has 0 heterocycles. The van der Waals surface area contributed by atoms with E-state index in [-0.39, 0.29) is 28.1 Å². The van der Waals surface area contributed by atoms with Crippen LogP contribution in [-0.4, -0.2) is 51.3 Å². The number of benzene rings is 2. The Bertz CT molecular complexity index is 1220. The summed E-state index contributed by atoms with van der Waals surface area (Å²) in [6.45, 7) is 17.2. The van der Waals surface area contributed by atoms with Gasteiger partial charge in [-0.05, 0) is 74.1 Å². The monoisotopic (exact) mass is 564 g/mol. The van der Waals surface area contributed by atoms with Gasteiger partial charge in [0.15, 0.2) is 8.32 Å². The quantitative estimate of drug-likeness (QED) is 0.195. The molecule has 1 unspecified atom stereocenters. The van der Waals surface area contributed by atoms with Gasteiger partial charge in [-0.2, -0.15) is 0 Å². The second-order valence-electron chi connectivity index (χ2n) is 12.3. The van der Waals surface area contributed by atoms with Gasteiger partial charge in [-0.15, -0.1) is 0 Å². The van der Waals surface area contributed by atoms with Crippen molar-refractivity contribution < 1.29 is 27.9 Å². The van der Waals surface area contributed by atoms with Crippen molar-refractivity contribution >= 4 is 30.0 Å². The zero-order chi connectivity index (χ0) is 29.1. The van der Waals surface area contributed by atoms with Crippen LogP contribution in [0.3, 0.4) is 0 Å². The molecule has 2 aromatic carbocycles. The summed E-state index contributed by atoms with van der Waals surface area (Å²) in [7, 11) is -5.79. The number of anilines is 1. The fourth-order valence-corrected chi connectivity index (χ4v) is 5.65. The maximum atomic E-state index is 11.8. The second kappa shape index (κ2) is 11.8. The average Bonchev–Trinajstić information content (AvgIpc) is 2.76. The highest BCUT2D eigenvalue weighted by Crippen LogP contribution is 2.40. The Balaban J connectivity index is 2.30. The molecule has 2 atom stereocenters. The molecule has 212 valence electrons. The van der Waals surface area contributed by atoms with Crippen LogP contribution in [-0.2, 0) is 25.7 Å². The molecule has 0 saturated carbocycles. The number of aliphatic carboxylic acids is 1. The number of carboxylic acid groups (broad SMARTS) is 1. The zero-order valence-corrected chi connectivity index (χ0v) is 25.9. The predicted molar refractivity (Wildman–Crippen MR) is 156 cm³/mol. The van der Waals surface area contributed by atoms with Gasteiger partial charge in [0.05, 0.1) is 24.0 Å². The molecule has 0 aliphatic heterocycles. The van der Waals surface area contributed by atoms with Crippen molar-refractivity contribution in [3.63, 3.8) is 0 Å². The summed E-state index contributed by atoms with van der Waals surface area (Å²) in [5, 5.41) is 23.1. The van der Waals surface area contributed by atoms with Gasteiger partial charge in [0.2, 0.25) is 10.0 Å². The SMILES string of the molecule is CC(C(=O)O)c1ccc(CC(C)(C)NC[C@@H](O[Si](C)(C)C(C)(C)C)c2ccc(O)c(NS(C)(=O)=O)c2)cc1. The van der Waals surface area contributed by atoms with Crippen molar-refractivity contribution in [3.8, 4) is 5.75 Å². The van der Waals surface area contributed by atoms with E-state index in [0.717, 1.165) is 22.9 Å². The Morgan fingerprint density at radius 2 is 1.58 bits per heavy atom. The number of aromatic hydroxyl groups is 1. The first-order chi connectivity index (χ1) is 17.2. The van der Waals surface area contributed by atoms with Crippen molar-refractivity contribution in [1.82, 2.24) is 5.32 Å². The van der Waals surface area contributed by atoms with E-state index in [2.05, 4.69) is 57.8 Å². The average molecular weight is 565 g/mol. The molecular weight excluding hydrogens is 520 g/mol. The van der Waals surface area contributed by atoms with Gasteiger partial charge < -0.3 is 20.0 Å². The van der Waals surface area contributed by atoms with Crippen molar-refractivity contribution in [2.24, 2.45) is 0 Å². The van der Waals surface area contributed by atoms with Crippen LogP contribution in [0.1, 0.15) is 70.3 Å². The van der Waals surface area contributed by atoms with E-state index in [0.29, 0.717) is 13.0 Å². The number of rotatable bonds is 12. The molecule has 8 nitrogen and oxygen atoms in total. The molecule has 38 heavy (non-hydrogen) atoms.